The number of hydrogen-bond acceptors (Lipinski definition) is 1. The Morgan fingerprint density at radius 2 is 1.04 bits per heavy atom. The fraction of sp³-hybridized carbons (Fsp3) is 0.0417. The summed E-state index contributed by atoms with van der Waals surface area (Å²) < 4.78 is 2.53. The Balaban J connectivity index is 1.37. The van der Waals surface area contributed by atoms with Crippen LogP contribution in [0.4, 0.5) is 11.4 Å². The van der Waals surface area contributed by atoms with E-state index in [0.717, 1.165) is 5.69 Å². The van der Waals surface area contributed by atoms with Crippen molar-refractivity contribution in [3.63, 3.8) is 0 Å². The van der Waals surface area contributed by atoms with Gasteiger partial charge in [-0.15, -0.1) is 0 Å². The molecule has 2 aliphatic rings. The lowest BCUT2D eigenvalue weighted by molar-refractivity contribution is 0.698. The quantitative estimate of drug-likeness (QED) is 0.186. The molecule has 2 atom stereocenters. The van der Waals surface area contributed by atoms with E-state index in [1.807, 2.05) is 0 Å². The fourth-order valence-corrected chi connectivity index (χ4v) is 8.31. The lowest BCUT2D eigenvalue weighted by Gasteiger charge is -2.36. The minimum atomic E-state index is 0.0948. The molecule has 10 rings (SSSR count). The highest BCUT2D eigenvalue weighted by atomic mass is 15.2. The molecule has 0 saturated carbocycles. The van der Waals surface area contributed by atoms with Crippen LogP contribution in [0.2, 0.25) is 0 Å². The van der Waals surface area contributed by atoms with Crippen molar-refractivity contribution in [1.82, 2.24) is 4.57 Å². The zero-order chi connectivity index (χ0) is 33.0. The van der Waals surface area contributed by atoms with Crippen molar-refractivity contribution >= 4 is 33.2 Å². The van der Waals surface area contributed by atoms with Crippen LogP contribution in [0.3, 0.4) is 0 Å². The van der Waals surface area contributed by atoms with Crippen molar-refractivity contribution in [1.29, 1.82) is 0 Å². The van der Waals surface area contributed by atoms with Crippen LogP contribution < -0.4 is 4.90 Å². The van der Waals surface area contributed by atoms with Gasteiger partial charge in [0.1, 0.15) is 0 Å². The second-order valence-corrected chi connectivity index (χ2v) is 13.3. The normalized spacial score (nSPS) is 16.2. The first-order chi connectivity index (χ1) is 24.8. The van der Waals surface area contributed by atoms with E-state index in [1.165, 1.54) is 72.1 Å². The molecule has 0 radical (unpaired) electrons. The largest absolute Gasteiger partial charge is 0.331 e. The molecule has 0 spiro atoms. The number of anilines is 2. The standard InChI is InChI=1S/C48H34N2/c1-4-16-33(17-5-1)35-30-36(34-18-6-2-7-19-34)32-38(31-35)50-46-27-15-13-25-42(46)44-29-28-43-40-23-11-10-22-39(40)41-24-12-14-26-45(41)49(47(43)48(44)50)37-20-8-3-9-21-37/h1-32,41,45H. The van der Waals surface area contributed by atoms with E-state index in [-0.39, 0.29) is 12.0 Å². The summed E-state index contributed by atoms with van der Waals surface area (Å²) in [5.74, 6) is 0.197. The number of fused-ring (bicyclic) bond motifs is 9. The van der Waals surface area contributed by atoms with Gasteiger partial charge in [0.2, 0.25) is 0 Å². The molecule has 0 amide bonds. The van der Waals surface area contributed by atoms with Gasteiger partial charge in [0.25, 0.3) is 0 Å². The highest BCUT2D eigenvalue weighted by Crippen LogP contribution is 2.52. The van der Waals surface area contributed by atoms with Gasteiger partial charge in [-0.2, -0.15) is 0 Å². The molecule has 8 aromatic rings. The molecular formula is C48H34N2. The van der Waals surface area contributed by atoms with Gasteiger partial charge in [0.15, 0.2) is 0 Å². The summed E-state index contributed by atoms with van der Waals surface area (Å²) in [7, 11) is 0. The van der Waals surface area contributed by atoms with Crippen molar-refractivity contribution in [2.45, 2.75) is 12.0 Å². The molecule has 1 aromatic heterocycles. The van der Waals surface area contributed by atoms with Gasteiger partial charge >= 0.3 is 0 Å². The Bertz CT molecular complexity index is 2540. The zero-order valence-electron chi connectivity index (χ0n) is 27.5. The molecule has 1 aliphatic carbocycles. The van der Waals surface area contributed by atoms with Gasteiger partial charge in [-0.05, 0) is 69.8 Å². The Morgan fingerprint density at radius 1 is 0.420 bits per heavy atom. The monoisotopic (exact) mass is 638 g/mol. The first-order valence-corrected chi connectivity index (χ1v) is 17.4. The number of rotatable bonds is 4. The SMILES string of the molecule is C1=CC2c3ccccc3-c3ccc4c5ccccc5n(-c5cc(-c6ccccc6)cc(-c6ccccc6)c5)c4c3N(c3ccccc3)C2C=C1. The summed E-state index contributed by atoms with van der Waals surface area (Å²) in [6.07, 6.45) is 9.20. The van der Waals surface area contributed by atoms with E-state index in [0.29, 0.717) is 0 Å². The van der Waals surface area contributed by atoms with E-state index in [1.54, 1.807) is 0 Å². The summed E-state index contributed by atoms with van der Waals surface area (Å²) in [6, 6.07) is 62.3. The van der Waals surface area contributed by atoms with Crippen LogP contribution in [0.25, 0.3) is 60.9 Å². The predicted octanol–water partition coefficient (Wildman–Crippen LogP) is 12.5. The second kappa shape index (κ2) is 11.6. The van der Waals surface area contributed by atoms with Gasteiger partial charge in [-0.3, -0.25) is 0 Å². The van der Waals surface area contributed by atoms with E-state index < -0.39 is 0 Å². The van der Waals surface area contributed by atoms with E-state index in [4.69, 9.17) is 0 Å². The minimum Gasteiger partial charge on any atom is -0.331 e. The maximum Gasteiger partial charge on any atom is 0.0785 e. The maximum atomic E-state index is 2.61. The number of hydrogen-bond donors (Lipinski definition) is 0. The van der Waals surface area contributed by atoms with Crippen LogP contribution in [0, 0.1) is 0 Å². The molecule has 2 heteroatoms. The lowest BCUT2D eigenvalue weighted by Crippen LogP contribution is -2.34. The fourth-order valence-electron chi connectivity index (χ4n) is 8.31. The summed E-state index contributed by atoms with van der Waals surface area (Å²) in [5, 5.41) is 2.50. The van der Waals surface area contributed by atoms with E-state index >= 15 is 0 Å². The molecule has 2 unspecified atom stereocenters. The van der Waals surface area contributed by atoms with Crippen LogP contribution in [0.15, 0.2) is 194 Å². The number of allylic oxidation sites excluding steroid dienone is 2. The number of para-hydroxylation sites is 2. The van der Waals surface area contributed by atoms with Crippen molar-refractivity contribution < 1.29 is 0 Å². The van der Waals surface area contributed by atoms with E-state index in [9.17, 15) is 0 Å². The molecule has 2 nitrogen and oxygen atoms in total. The highest BCUT2D eigenvalue weighted by molar-refractivity contribution is 6.17. The highest BCUT2D eigenvalue weighted by Gasteiger charge is 2.36. The smallest absolute Gasteiger partial charge is 0.0785 e. The third-order valence-electron chi connectivity index (χ3n) is 10.5. The molecule has 2 heterocycles. The molecular weight excluding hydrogens is 605 g/mol. The molecule has 0 saturated heterocycles. The van der Waals surface area contributed by atoms with Crippen molar-refractivity contribution in [3.8, 4) is 39.1 Å². The van der Waals surface area contributed by atoms with Crippen LogP contribution in [-0.4, -0.2) is 10.6 Å². The number of benzene rings is 7. The van der Waals surface area contributed by atoms with Gasteiger partial charge in [-0.25, -0.2) is 0 Å². The van der Waals surface area contributed by atoms with E-state index in [2.05, 4.69) is 204 Å². The molecule has 7 aromatic carbocycles. The number of nitrogens with zero attached hydrogens (tertiary/aromatic N) is 2. The van der Waals surface area contributed by atoms with Crippen molar-refractivity contribution in [2.75, 3.05) is 4.90 Å². The summed E-state index contributed by atoms with van der Waals surface area (Å²) in [4.78, 5) is 2.61. The Hall–Kier alpha value is -6.38. The van der Waals surface area contributed by atoms with Crippen LogP contribution >= 0.6 is 0 Å². The minimum absolute atomic E-state index is 0.0948. The van der Waals surface area contributed by atoms with Crippen LogP contribution in [0.1, 0.15) is 11.5 Å². The average Bonchev–Trinajstić information content (AvgIpc) is 3.47. The topological polar surface area (TPSA) is 8.17 Å². The molecule has 0 bridgehead atoms. The maximum absolute atomic E-state index is 2.61. The van der Waals surface area contributed by atoms with Crippen molar-refractivity contribution in [2.24, 2.45) is 0 Å². The van der Waals surface area contributed by atoms with Gasteiger partial charge < -0.3 is 9.47 Å². The third kappa shape index (κ3) is 4.49. The molecule has 0 fully saturated rings. The zero-order valence-corrected chi connectivity index (χ0v) is 27.5. The van der Waals surface area contributed by atoms with Gasteiger partial charge in [0.05, 0.1) is 22.8 Å². The summed E-state index contributed by atoms with van der Waals surface area (Å²) in [6.45, 7) is 0. The van der Waals surface area contributed by atoms with Crippen molar-refractivity contribution in [3.05, 3.63) is 200 Å². The summed E-state index contributed by atoms with van der Waals surface area (Å²) >= 11 is 0. The van der Waals surface area contributed by atoms with Crippen LogP contribution in [0.5, 0.6) is 0 Å². The Morgan fingerprint density at radius 3 is 1.78 bits per heavy atom. The van der Waals surface area contributed by atoms with Gasteiger partial charge in [0, 0.05) is 33.6 Å². The first kappa shape index (κ1) is 28.6. The molecule has 1 aliphatic heterocycles. The molecule has 50 heavy (non-hydrogen) atoms. The Kier molecular flexibility index (Phi) is 6.67. The van der Waals surface area contributed by atoms with Gasteiger partial charge in [-0.1, -0.05) is 158 Å². The molecule has 236 valence electrons. The third-order valence-corrected chi connectivity index (χ3v) is 10.5. The molecule has 0 N–H and O–H groups in total. The summed E-state index contributed by atoms with van der Waals surface area (Å²) in [5.41, 5.74) is 14.7. The number of aromatic nitrogens is 1. The lowest BCUT2D eigenvalue weighted by atomic mass is 9.85. The first-order valence-electron chi connectivity index (χ1n) is 17.4. The predicted molar refractivity (Wildman–Crippen MR) is 210 cm³/mol. The average molecular weight is 639 g/mol. The second-order valence-electron chi connectivity index (χ2n) is 13.3. The Labute approximate surface area is 292 Å². The van der Waals surface area contributed by atoms with Crippen LogP contribution in [-0.2, 0) is 0 Å².